The first-order chi connectivity index (χ1) is 15.5. The molecule has 1 fully saturated rings. The van der Waals surface area contributed by atoms with Crippen molar-refractivity contribution in [1.29, 1.82) is 0 Å². The first-order valence-electron chi connectivity index (χ1n) is 10.5. The standard InChI is InChI=1S/C26H24N2O4/c1-3-32-21-6-4-5-20(15-21)23-22(24(29)19-9-7-17(2)8-10-19)25(30)26(31)28(23)16-18-11-13-27-14-12-18/h4-15,23,29H,3,16H2,1-2H3/b24-22+. The Balaban J connectivity index is 1.86. The number of likely N-dealkylation sites (tertiary alicyclic amines) is 1. The molecule has 3 aromatic rings. The van der Waals surface area contributed by atoms with Crippen molar-refractivity contribution in [1.82, 2.24) is 9.88 Å². The molecule has 1 N–H and O–H groups in total. The number of hydrogen-bond donors (Lipinski definition) is 1. The number of carbonyl (C=O) groups is 2. The van der Waals surface area contributed by atoms with E-state index in [0.717, 1.165) is 11.1 Å². The highest BCUT2D eigenvalue weighted by Gasteiger charge is 2.46. The monoisotopic (exact) mass is 428 g/mol. The van der Waals surface area contributed by atoms with Gasteiger partial charge < -0.3 is 14.7 Å². The van der Waals surface area contributed by atoms with E-state index in [0.29, 0.717) is 23.5 Å². The molecule has 0 spiro atoms. The molecular formula is C26H24N2O4. The fourth-order valence-corrected chi connectivity index (χ4v) is 3.88. The quantitative estimate of drug-likeness (QED) is 0.357. The van der Waals surface area contributed by atoms with Gasteiger partial charge in [-0.1, -0.05) is 42.0 Å². The second-order valence-corrected chi connectivity index (χ2v) is 7.65. The van der Waals surface area contributed by atoms with Gasteiger partial charge in [-0.15, -0.1) is 0 Å². The van der Waals surface area contributed by atoms with Gasteiger partial charge in [-0.05, 0) is 49.2 Å². The van der Waals surface area contributed by atoms with Crippen LogP contribution in [0.3, 0.4) is 0 Å². The molecule has 6 nitrogen and oxygen atoms in total. The van der Waals surface area contributed by atoms with Crippen LogP contribution in [0, 0.1) is 6.92 Å². The summed E-state index contributed by atoms with van der Waals surface area (Å²) in [5.74, 6) is -0.909. The predicted octanol–water partition coefficient (Wildman–Crippen LogP) is 4.41. The highest BCUT2D eigenvalue weighted by molar-refractivity contribution is 6.46. The van der Waals surface area contributed by atoms with E-state index >= 15 is 0 Å². The summed E-state index contributed by atoms with van der Waals surface area (Å²) in [6.45, 7) is 4.53. The van der Waals surface area contributed by atoms with Crippen molar-refractivity contribution in [3.63, 3.8) is 0 Å². The molecule has 2 aromatic carbocycles. The molecule has 0 radical (unpaired) electrons. The summed E-state index contributed by atoms with van der Waals surface area (Å²) >= 11 is 0. The summed E-state index contributed by atoms with van der Waals surface area (Å²) in [7, 11) is 0. The van der Waals surface area contributed by atoms with E-state index in [4.69, 9.17) is 4.74 Å². The first kappa shape index (κ1) is 21.3. The summed E-state index contributed by atoms with van der Waals surface area (Å²) in [6.07, 6.45) is 3.28. The van der Waals surface area contributed by atoms with Crippen LogP contribution in [0.25, 0.3) is 5.76 Å². The average Bonchev–Trinajstić information content (AvgIpc) is 3.05. The van der Waals surface area contributed by atoms with Crippen LogP contribution < -0.4 is 4.74 Å². The number of ketones is 1. The lowest BCUT2D eigenvalue weighted by Gasteiger charge is -2.25. The average molecular weight is 428 g/mol. The van der Waals surface area contributed by atoms with E-state index in [9.17, 15) is 14.7 Å². The SMILES string of the molecule is CCOc1cccc(C2/C(=C(\O)c3ccc(C)cc3)C(=O)C(=O)N2Cc2ccncc2)c1. The minimum absolute atomic E-state index is 0.0709. The lowest BCUT2D eigenvalue weighted by molar-refractivity contribution is -0.140. The second kappa shape index (κ2) is 9.06. The molecule has 1 aliphatic heterocycles. The van der Waals surface area contributed by atoms with Gasteiger partial charge in [0.2, 0.25) is 0 Å². The Bertz CT molecular complexity index is 1170. The third-order valence-electron chi connectivity index (χ3n) is 5.45. The topological polar surface area (TPSA) is 79.7 Å². The maximum absolute atomic E-state index is 13.1. The van der Waals surface area contributed by atoms with Crippen molar-refractivity contribution < 1.29 is 19.4 Å². The summed E-state index contributed by atoms with van der Waals surface area (Å²) in [6, 6.07) is 17.3. The lowest BCUT2D eigenvalue weighted by Crippen LogP contribution is -2.29. The number of aliphatic hydroxyl groups is 1. The van der Waals surface area contributed by atoms with Crippen molar-refractivity contribution >= 4 is 17.4 Å². The lowest BCUT2D eigenvalue weighted by atomic mass is 9.94. The van der Waals surface area contributed by atoms with Gasteiger partial charge in [0.15, 0.2) is 0 Å². The molecule has 1 atom stereocenters. The largest absolute Gasteiger partial charge is 0.507 e. The van der Waals surface area contributed by atoms with Gasteiger partial charge in [0.1, 0.15) is 11.5 Å². The fraction of sp³-hybridized carbons (Fsp3) is 0.192. The number of rotatable bonds is 6. The van der Waals surface area contributed by atoms with Crippen molar-refractivity contribution in [2.24, 2.45) is 0 Å². The van der Waals surface area contributed by atoms with E-state index in [2.05, 4.69) is 4.98 Å². The molecule has 1 amide bonds. The van der Waals surface area contributed by atoms with Crippen LogP contribution in [0.4, 0.5) is 0 Å². The number of aliphatic hydroxyl groups excluding tert-OH is 1. The molecule has 0 aliphatic carbocycles. The highest BCUT2D eigenvalue weighted by atomic mass is 16.5. The number of aryl methyl sites for hydroxylation is 1. The summed E-state index contributed by atoms with van der Waals surface area (Å²) in [5.41, 5.74) is 3.12. The number of ether oxygens (including phenoxy) is 1. The Morgan fingerprint density at radius 1 is 1.06 bits per heavy atom. The number of pyridine rings is 1. The molecule has 0 saturated carbocycles. The molecule has 1 aliphatic rings. The molecule has 1 aromatic heterocycles. The Hall–Kier alpha value is -3.93. The highest BCUT2D eigenvalue weighted by Crippen LogP contribution is 2.41. The summed E-state index contributed by atoms with van der Waals surface area (Å²) < 4.78 is 5.63. The normalized spacial score (nSPS) is 17.6. The number of Topliss-reactive ketones (excluding diaryl/α,β-unsaturated/α-hetero) is 1. The van der Waals surface area contributed by atoms with Gasteiger partial charge in [0.05, 0.1) is 18.2 Å². The van der Waals surface area contributed by atoms with E-state index in [1.165, 1.54) is 4.90 Å². The zero-order valence-electron chi connectivity index (χ0n) is 18.0. The van der Waals surface area contributed by atoms with Crippen LogP contribution in [0.2, 0.25) is 0 Å². The van der Waals surface area contributed by atoms with Crippen LogP contribution in [-0.2, 0) is 16.1 Å². The van der Waals surface area contributed by atoms with E-state index in [-0.39, 0.29) is 17.9 Å². The second-order valence-electron chi connectivity index (χ2n) is 7.65. The zero-order chi connectivity index (χ0) is 22.7. The number of nitrogens with zero attached hydrogens (tertiary/aromatic N) is 2. The first-order valence-corrected chi connectivity index (χ1v) is 10.5. The van der Waals surface area contributed by atoms with Crippen molar-refractivity contribution in [2.45, 2.75) is 26.4 Å². The van der Waals surface area contributed by atoms with Crippen molar-refractivity contribution in [2.75, 3.05) is 6.61 Å². The molecule has 1 saturated heterocycles. The van der Waals surface area contributed by atoms with Gasteiger partial charge in [0.25, 0.3) is 11.7 Å². The molecular weight excluding hydrogens is 404 g/mol. The van der Waals surface area contributed by atoms with Gasteiger partial charge in [-0.2, -0.15) is 0 Å². The van der Waals surface area contributed by atoms with Crippen LogP contribution in [0.15, 0.2) is 78.6 Å². The molecule has 6 heteroatoms. The minimum Gasteiger partial charge on any atom is -0.507 e. The molecule has 1 unspecified atom stereocenters. The fourth-order valence-electron chi connectivity index (χ4n) is 3.88. The molecule has 0 bridgehead atoms. The smallest absolute Gasteiger partial charge is 0.295 e. The van der Waals surface area contributed by atoms with Crippen molar-refractivity contribution in [3.8, 4) is 5.75 Å². The van der Waals surface area contributed by atoms with Crippen LogP contribution in [0.5, 0.6) is 5.75 Å². The Morgan fingerprint density at radius 3 is 2.47 bits per heavy atom. The zero-order valence-corrected chi connectivity index (χ0v) is 18.0. The Labute approximate surface area is 186 Å². The van der Waals surface area contributed by atoms with Crippen LogP contribution >= 0.6 is 0 Å². The van der Waals surface area contributed by atoms with Gasteiger partial charge in [-0.25, -0.2) is 0 Å². The van der Waals surface area contributed by atoms with Gasteiger partial charge in [0, 0.05) is 24.5 Å². The molecule has 32 heavy (non-hydrogen) atoms. The van der Waals surface area contributed by atoms with Gasteiger partial charge >= 0.3 is 0 Å². The predicted molar refractivity (Wildman–Crippen MR) is 121 cm³/mol. The van der Waals surface area contributed by atoms with E-state index in [1.807, 2.05) is 50.2 Å². The number of aromatic nitrogens is 1. The Morgan fingerprint density at radius 2 is 1.78 bits per heavy atom. The molecule has 2 heterocycles. The van der Waals surface area contributed by atoms with Crippen LogP contribution in [-0.4, -0.2) is 33.3 Å². The summed E-state index contributed by atoms with van der Waals surface area (Å²) in [5, 5.41) is 11.1. The number of benzene rings is 2. The molecule has 4 rings (SSSR count). The Kier molecular flexibility index (Phi) is 6.03. The maximum Gasteiger partial charge on any atom is 0.295 e. The minimum atomic E-state index is -0.745. The van der Waals surface area contributed by atoms with Crippen LogP contribution in [0.1, 0.15) is 35.2 Å². The van der Waals surface area contributed by atoms with Crippen molar-refractivity contribution in [3.05, 3.63) is 101 Å². The third kappa shape index (κ3) is 4.12. The van der Waals surface area contributed by atoms with E-state index in [1.54, 1.807) is 36.7 Å². The summed E-state index contributed by atoms with van der Waals surface area (Å²) in [4.78, 5) is 31.7. The number of amides is 1. The number of carbonyl (C=O) groups excluding carboxylic acids is 2. The maximum atomic E-state index is 13.1. The van der Waals surface area contributed by atoms with E-state index < -0.39 is 17.7 Å². The van der Waals surface area contributed by atoms with Gasteiger partial charge in [-0.3, -0.25) is 14.6 Å². The molecule has 162 valence electrons. The third-order valence-corrected chi connectivity index (χ3v) is 5.45. The number of hydrogen-bond acceptors (Lipinski definition) is 5.